The molecule has 4 nitrogen and oxygen atoms in total. The number of likely N-dealkylation sites (tertiary alicyclic amines) is 1. The molecule has 1 rings (SSSR count). The van der Waals surface area contributed by atoms with Crippen LogP contribution in [0.1, 0.15) is 6.42 Å². The van der Waals surface area contributed by atoms with E-state index < -0.39 is 24.1 Å². The number of hydrogen-bond acceptors (Lipinski definition) is 2. The molecule has 0 spiro atoms. The van der Waals surface area contributed by atoms with Crippen molar-refractivity contribution in [3.8, 4) is 0 Å². The number of halogens is 3. The van der Waals surface area contributed by atoms with Gasteiger partial charge in [-0.25, -0.2) is 4.79 Å². The highest BCUT2D eigenvalue weighted by molar-refractivity contribution is 5.88. The van der Waals surface area contributed by atoms with Crippen molar-refractivity contribution in [2.75, 3.05) is 6.54 Å². The number of alkyl halides is 3. The van der Waals surface area contributed by atoms with Crippen LogP contribution in [0.5, 0.6) is 0 Å². The number of nitrogens with zero attached hydrogens (tertiary/aromatic N) is 1. The third kappa shape index (κ3) is 1.73. The second kappa shape index (κ2) is 2.90. The Labute approximate surface area is 70.9 Å². The van der Waals surface area contributed by atoms with E-state index in [1.54, 1.807) is 0 Å². The Hall–Kier alpha value is -1.27. The van der Waals surface area contributed by atoms with Crippen LogP contribution in [0, 0.1) is 0 Å². The summed E-state index contributed by atoms with van der Waals surface area (Å²) in [6, 6.07) is -1.31. The van der Waals surface area contributed by atoms with Gasteiger partial charge in [-0.3, -0.25) is 4.79 Å². The van der Waals surface area contributed by atoms with Gasteiger partial charge in [0.1, 0.15) is 6.04 Å². The topological polar surface area (TPSA) is 57.6 Å². The maximum atomic E-state index is 11.8. The van der Waals surface area contributed by atoms with E-state index in [9.17, 15) is 22.8 Å². The number of carboxylic acids is 1. The summed E-state index contributed by atoms with van der Waals surface area (Å²) in [7, 11) is 0. The average Bonchev–Trinajstić information content (AvgIpc) is 1.80. The molecule has 1 fully saturated rings. The Kier molecular flexibility index (Phi) is 2.19. The predicted octanol–water partition coefficient (Wildman–Crippen LogP) is 0.234. The van der Waals surface area contributed by atoms with Gasteiger partial charge in [-0.15, -0.1) is 0 Å². The highest BCUT2D eigenvalue weighted by atomic mass is 19.4. The SMILES string of the molecule is O=C(O)C1CCN1C(=O)C(F)(F)F. The molecule has 0 radical (unpaired) electrons. The first-order chi connectivity index (χ1) is 5.84. The molecular formula is C6H6F3NO3. The van der Waals surface area contributed by atoms with Gasteiger partial charge in [0.25, 0.3) is 0 Å². The molecule has 1 atom stereocenters. The number of aliphatic carboxylic acids is 1. The molecule has 0 bridgehead atoms. The van der Waals surface area contributed by atoms with Gasteiger partial charge >= 0.3 is 18.1 Å². The van der Waals surface area contributed by atoms with Crippen molar-refractivity contribution in [1.82, 2.24) is 4.90 Å². The standard InChI is InChI=1S/C6H6F3NO3/c7-6(8,9)5(13)10-2-1-3(10)4(11)12/h3H,1-2H2,(H,11,12). The van der Waals surface area contributed by atoms with Gasteiger partial charge in [0, 0.05) is 6.54 Å². The summed E-state index contributed by atoms with van der Waals surface area (Å²) in [5.74, 6) is -3.48. The lowest BCUT2D eigenvalue weighted by atomic mass is 10.0. The average molecular weight is 197 g/mol. The molecule has 0 aromatic heterocycles. The quantitative estimate of drug-likeness (QED) is 0.654. The van der Waals surface area contributed by atoms with Crippen molar-refractivity contribution in [3.63, 3.8) is 0 Å². The van der Waals surface area contributed by atoms with Crippen LogP contribution in [0.2, 0.25) is 0 Å². The van der Waals surface area contributed by atoms with Gasteiger partial charge in [-0.2, -0.15) is 13.2 Å². The number of carbonyl (C=O) groups excluding carboxylic acids is 1. The summed E-state index contributed by atoms with van der Waals surface area (Å²) in [4.78, 5) is 21.1. The highest BCUT2D eigenvalue weighted by Gasteiger charge is 2.49. The third-order valence-electron chi connectivity index (χ3n) is 1.81. The summed E-state index contributed by atoms with van der Waals surface area (Å²) in [5, 5.41) is 8.36. The zero-order valence-corrected chi connectivity index (χ0v) is 6.34. The fourth-order valence-corrected chi connectivity index (χ4v) is 1.05. The van der Waals surface area contributed by atoms with Crippen LogP contribution in [-0.4, -0.2) is 40.6 Å². The molecule has 1 aliphatic heterocycles. The molecule has 13 heavy (non-hydrogen) atoms. The Morgan fingerprint density at radius 1 is 1.38 bits per heavy atom. The molecule has 74 valence electrons. The number of carbonyl (C=O) groups is 2. The second-order valence-electron chi connectivity index (χ2n) is 2.64. The van der Waals surface area contributed by atoms with Crippen molar-refractivity contribution < 1.29 is 27.9 Å². The molecule has 0 aromatic rings. The molecule has 0 saturated carbocycles. The van der Waals surface area contributed by atoms with Gasteiger partial charge in [-0.05, 0) is 6.42 Å². The van der Waals surface area contributed by atoms with E-state index >= 15 is 0 Å². The van der Waals surface area contributed by atoms with Crippen LogP contribution in [0.4, 0.5) is 13.2 Å². The van der Waals surface area contributed by atoms with Crippen LogP contribution >= 0.6 is 0 Å². The zero-order chi connectivity index (χ0) is 10.2. The summed E-state index contributed by atoms with van der Waals surface area (Å²) >= 11 is 0. The number of amides is 1. The van der Waals surface area contributed by atoms with Crippen LogP contribution in [0.15, 0.2) is 0 Å². The number of rotatable bonds is 1. The smallest absolute Gasteiger partial charge is 0.471 e. The van der Waals surface area contributed by atoms with Gasteiger partial charge in [-0.1, -0.05) is 0 Å². The molecule has 1 amide bonds. The van der Waals surface area contributed by atoms with Crippen LogP contribution < -0.4 is 0 Å². The normalized spacial score (nSPS) is 22.4. The monoisotopic (exact) mass is 197 g/mol. The van der Waals surface area contributed by atoms with Crippen LogP contribution in [0.25, 0.3) is 0 Å². The molecule has 1 aliphatic rings. The summed E-state index contributed by atoms with van der Waals surface area (Å²) in [5.41, 5.74) is 0. The lowest BCUT2D eigenvalue weighted by Crippen LogP contribution is -2.58. The van der Waals surface area contributed by atoms with Gasteiger partial charge in [0.05, 0.1) is 0 Å². The van der Waals surface area contributed by atoms with Crippen molar-refractivity contribution in [2.45, 2.75) is 18.6 Å². The Morgan fingerprint density at radius 3 is 2.15 bits per heavy atom. The molecule has 1 unspecified atom stereocenters. The maximum Gasteiger partial charge on any atom is 0.471 e. The molecule has 1 N–H and O–H groups in total. The number of carboxylic acid groups (broad SMARTS) is 1. The minimum absolute atomic E-state index is 0.0805. The van der Waals surface area contributed by atoms with E-state index in [2.05, 4.69) is 0 Å². The fraction of sp³-hybridized carbons (Fsp3) is 0.667. The van der Waals surface area contributed by atoms with Crippen molar-refractivity contribution >= 4 is 11.9 Å². The van der Waals surface area contributed by atoms with Crippen molar-refractivity contribution in [1.29, 1.82) is 0 Å². The van der Waals surface area contributed by atoms with Crippen molar-refractivity contribution in [2.24, 2.45) is 0 Å². The Bertz CT molecular complexity index is 250. The largest absolute Gasteiger partial charge is 0.480 e. The lowest BCUT2D eigenvalue weighted by Gasteiger charge is -2.37. The zero-order valence-electron chi connectivity index (χ0n) is 6.34. The molecule has 0 aromatic carbocycles. The van der Waals surface area contributed by atoms with E-state index in [1.807, 2.05) is 0 Å². The Morgan fingerprint density at radius 2 is 1.92 bits per heavy atom. The lowest BCUT2D eigenvalue weighted by molar-refractivity contribution is -0.195. The first-order valence-corrected chi connectivity index (χ1v) is 3.44. The van der Waals surface area contributed by atoms with Gasteiger partial charge < -0.3 is 10.0 Å². The first-order valence-electron chi connectivity index (χ1n) is 3.44. The summed E-state index contributed by atoms with van der Waals surface area (Å²) in [6.07, 6.45) is -4.90. The molecule has 7 heteroatoms. The van der Waals surface area contributed by atoms with E-state index in [1.165, 1.54) is 0 Å². The second-order valence-corrected chi connectivity index (χ2v) is 2.64. The maximum absolute atomic E-state index is 11.8. The first kappa shape index (κ1) is 9.82. The minimum Gasteiger partial charge on any atom is -0.480 e. The molecule has 0 aliphatic carbocycles. The summed E-state index contributed by atoms with van der Waals surface area (Å²) in [6.45, 7) is -0.144. The van der Waals surface area contributed by atoms with E-state index in [-0.39, 0.29) is 13.0 Å². The third-order valence-corrected chi connectivity index (χ3v) is 1.81. The summed E-state index contributed by atoms with van der Waals surface area (Å²) < 4.78 is 35.3. The molecule has 1 heterocycles. The fourth-order valence-electron chi connectivity index (χ4n) is 1.05. The van der Waals surface area contributed by atoms with Crippen LogP contribution in [-0.2, 0) is 9.59 Å². The van der Waals surface area contributed by atoms with E-state index in [4.69, 9.17) is 5.11 Å². The van der Waals surface area contributed by atoms with Gasteiger partial charge in [0.15, 0.2) is 0 Å². The minimum atomic E-state index is -4.98. The number of hydrogen-bond donors (Lipinski definition) is 1. The van der Waals surface area contributed by atoms with Gasteiger partial charge in [0.2, 0.25) is 0 Å². The van der Waals surface area contributed by atoms with Crippen LogP contribution in [0.3, 0.4) is 0 Å². The molecule has 1 saturated heterocycles. The predicted molar refractivity (Wildman–Crippen MR) is 33.8 cm³/mol. The molecular weight excluding hydrogens is 191 g/mol. The van der Waals surface area contributed by atoms with E-state index in [0.717, 1.165) is 0 Å². The highest BCUT2D eigenvalue weighted by Crippen LogP contribution is 2.26. The Balaban J connectivity index is 2.65. The van der Waals surface area contributed by atoms with Crippen molar-refractivity contribution in [3.05, 3.63) is 0 Å². The van der Waals surface area contributed by atoms with E-state index in [0.29, 0.717) is 4.90 Å².